The molecule has 0 bridgehead atoms. The molecular formula is C18H12Cl2N6S. The van der Waals surface area contributed by atoms with Crippen LogP contribution in [-0.2, 0) is 0 Å². The molecular weight excluding hydrogens is 403 g/mol. The number of imidazole rings is 1. The van der Waals surface area contributed by atoms with Crippen molar-refractivity contribution in [2.75, 3.05) is 0 Å². The summed E-state index contributed by atoms with van der Waals surface area (Å²) in [4.78, 5) is 23.0. The summed E-state index contributed by atoms with van der Waals surface area (Å²) in [5.74, 6) is 1.60. The van der Waals surface area contributed by atoms with Crippen LogP contribution in [0.1, 0.15) is 10.9 Å². The summed E-state index contributed by atoms with van der Waals surface area (Å²) >= 11 is 14.2. The van der Waals surface area contributed by atoms with Crippen molar-refractivity contribution in [3.8, 4) is 21.8 Å². The van der Waals surface area contributed by atoms with E-state index >= 15 is 0 Å². The fourth-order valence-corrected chi connectivity index (χ4v) is 4.91. The van der Waals surface area contributed by atoms with E-state index in [-0.39, 0.29) is 12.1 Å². The quantitative estimate of drug-likeness (QED) is 0.656. The third kappa shape index (κ3) is 2.88. The number of hydrogen-bond donors (Lipinski definition) is 2. The van der Waals surface area contributed by atoms with Crippen molar-refractivity contribution in [1.29, 1.82) is 0 Å². The van der Waals surface area contributed by atoms with Gasteiger partial charge in [-0.05, 0) is 18.2 Å². The number of benzene rings is 1. The molecule has 9 heteroatoms. The lowest BCUT2D eigenvalue weighted by atomic mass is 10.0. The monoisotopic (exact) mass is 414 g/mol. The van der Waals surface area contributed by atoms with E-state index < -0.39 is 0 Å². The molecule has 3 aromatic rings. The number of amidine groups is 1. The number of nitrogens with zero attached hydrogens (tertiary/aromatic N) is 4. The number of fused-ring (bicyclic) bond motifs is 1. The summed E-state index contributed by atoms with van der Waals surface area (Å²) in [5.41, 5.74) is 1.89. The first-order valence-electron chi connectivity index (χ1n) is 8.17. The molecule has 0 amide bonds. The SMILES string of the molecule is Clc1ccc(-c2cc(C3N=CNC4=NC=NC43)sc2-c2ncc[nH]2)c(Cl)c1. The highest BCUT2D eigenvalue weighted by atomic mass is 35.5. The first kappa shape index (κ1) is 16.7. The van der Waals surface area contributed by atoms with Crippen molar-refractivity contribution in [2.24, 2.45) is 15.0 Å². The second-order valence-corrected chi connectivity index (χ2v) is 7.97. The van der Waals surface area contributed by atoms with E-state index in [0.717, 1.165) is 32.5 Å². The van der Waals surface area contributed by atoms with Gasteiger partial charge in [-0.2, -0.15) is 0 Å². The first-order chi connectivity index (χ1) is 13.2. The van der Waals surface area contributed by atoms with Crippen LogP contribution in [0.4, 0.5) is 0 Å². The van der Waals surface area contributed by atoms with Gasteiger partial charge in [0, 0.05) is 38.4 Å². The molecule has 0 saturated heterocycles. The van der Waals surface area contributed by atoms with Crippen LogP contribution >= 0.6 is 34.5 Å². The highest BCUT2D eigenvalue weighted by molar-refractivity contribution is 7.16. The molecule has 1 aromatic carbocycles. The molecule has 2 aromatic heterocycles. The molecule has 2 aliphatic heterocycles. The fraction of sp³-hybridized carbons (Fsp3) is 0.111. The topological polar surface area (TPSA) is 77.8 Å². The van der Waals surface area contributed by atoms with E-state index in [1.54, 1.807) is 42.5 Å². The molecule has 0 aliphatic carbocycles. The number of aliphatic imine (C=N–C) groups is 3. The predicted octanol–water partition coefficient (Wildman–Crippen LogP) is 4.59. The van der Waals surface area contributed by atoms with Gasteiger partial charge in [0.05, 0.1) is 11.2 Å². The molecule has 0 saturated carbocycles. The molecule has 134 valence electrons. The Morgan fingerprint density at radius 1 is 1.04 bits per heavy atom. The van der Waals surface area contributed by atoms with Gasteiger partial charge in [0.1, 0.15) is 30.1 Å². The smallest absolute Gasteiger partial charge is 0.148 e. The average Bonchev–Trinajstić information content (AvgIpc) is 3.40. The Hall–Kier alpha value is -2.48. The summed E-state index contributed by atoms with van der Waals surface area (Å²) in [6, 6.07) is 7.34. The van der Waals surface area contributed by atoms with Gasteiger partial charge >= 0.3 is 0 Å². The van der Waals surface area contributed by atoms with Crippen molar-refractivity contribution in [2.45, 2.75) is 12.1 Å². The van der Waals surface area contributed by atoms with Crippen LogP contribution in [0.3, 0.4) is 0 Å². The molecule has 5 rings (SSSR count). The minimum atomic E-state index is -0.137. The number of nitrogens with one attached hydrogen (secondary N) is 2. The van der Waals surface area contributed by atoms with E-state index in [1.165, 1.54) is 0 Å². The van der Waals surface area contributed by atoms with Crippen LogP contribution in [0.2, 0.25) is 10.0 Å². The molecule has 2 aliphatic rings. The zero-order valence-corrected chi connectivity index (χ0v) is 16.1. The second-order valence-electron chi connectivity index (χ2n) is 6.04. The van der Waals surface area contributed by atoms with Crippen LogP contribution in [0, 0.1) is 0 Å². The minimum Gasteiger partial charge on any atom is -0.344 e. The minimum absolute atomic E-state index is 0.133. The molecule has 2 atom stereocenters. The lowest BCUT2D eigenvalue weighted by Gasteiger charge is -2.21. The highest BCUT2D eigenvalue weighted by Crippen LogP contribution is 2.45. The Kier molecular flexibility index (Phi) is 4.07. The number of H-pyrrole nitrogens is 1. The maximum atomic E-state index is 6.49. The molecule has 0 radical (unpaired) electrons. The number of aromatic nitrogens is 2. The maximum absolute atomic E-state index is 6.49. The molecule has 6 nitrogen and oxygen atoms in total. The van der Waals surface area contributed by atoms with Crippen molar-refractivity contribution < 1.29 is 0 Å². The lowest BCUT2D eigenvalue weighted by Crippen LogP contribution is -2.38. The third-order valence-corrected chi connectivity index (χ3v) is 6.19. The molecule has 4 heterocycles. The van der Waals surface area contributed by atoms with Gasteiger partial charge in [0.2, 0.25) is 0 Å². The largest absolute Gasteiger partial charge is 0.344 e. The first-order valence-corrected chi connectivity index (χ1v) is 9.74. The summed E-state index contributed by atoms with van der Waals surface area (Å²) in [6.07, 6.45) is 6.79. The standard InChI is InChI=1S/C18H12Cl2N6S/c19-9-1-2-10(12(20)5-9)11-6-13(27-16(11)18-21-3-4-22-18)14-15-17(25-7-23-14)26-8-24-15/h1-8,14-15H,(H,21,22)(H,23,24,25,26). The Morgan fingerprint density at radius 2 is 1.96 bits per heavy atom. The Labute approximate surface area is 168 Å². The summed E-state index contributed by atoms with van der Waals surface area (Å²) in [6.45, 7) is 0. The van der Waals surface area contributed by atoms with Crippen LogP contribution in [-0.4, -0.2) is 34.5 Å². The normalized spacial score (nSPS) is 20.4. The predicted molar refractivity (Wildman–Crippen MR) is 111 cm³/mol. The van der Waals surface area contributed by atoms with E-state index in [9.17, 15) is 0 Å². The summed E-state index contributed by atoms with van der Waals surface area (Å²) in [7, 11) is 0. The number of rotatable bonds is 3. The van der Waals surface area contributed by atoms with Crippen LogP contribution in [0.25, 0.3) is 21.8 Å². The molecule has 0 fully saturated rings. The maximum Gasteiger partial charge on any atom is 0.148 e. The van der Waals surface area contributed by atoms with Gasteiger partial charge in [-0.1, -0.05) is 29.3 Å². The lowest BCUT2D eigenvalue weighted by molar-refractivity contribution is 0.666. The van der Waals surface area contributed by atoms with Crippen LogP contribution in [0.15, 0.2) is 51.6 Å². The highest BCUT2D eigenvalue weighted by Gasteiger charge is 2.33. The number of thiophene rings is 1. The second kappa shape index (κ2) is 6.60. The zero-order chi connectivity index (χ0) is 18.4. The van der Waals surface area contributed by atoms with Crippen molar-refractivity contribution in [3.63, 3.8) is 0 Å². The van der Waals surface area contributed by atoms with Crippen LogP contribution in [0.5, 0.6) is 0 Å². The van der Waals surface area contributed by atoms with Gasteiger partial charge in [-0.15, -0.1) is 11.3 Å². The van der Waals surface area contributed by atoms with E-state index in [0.29, 0.717) is 10.0 Å². The number of halogens is 2. The molecule has 0 spiro atoms. The zero-order valence-electron chi connectivity index (χ0n) is 13.7. The van der Waals surface area contributed by atoms with E-state index in [4.69, 9.17) is 23.2 Å². The Balaban J connectivity index is 1.67. The van der Waals surface area contributed by atoms with E-state index in [1.807, 2.05) is 12.1 Å². The Morgan fingerprint density at radius 3 is 2.78 bits per heavy atom. The van der Waals surface area contributed by atoms with Gasteiger partial charge in [-0.25, -0.2) is 9.98 Å². The summed E-state index contributed by atoms with van der Waals surface area (Å²) < 4.78 is 0. The Bertz CT molecular complexity index is 1100. The average molecular weight is 415 g/mol. The molecule has 2 unspecified atom stereocenters. The van der Waals surface area contributed by atoms with Gasteiger partial charge < -0.3 is 10.3 Å². The number of aromatic amines is 1. The number of hydrogen-bond acceptors (Lipinski definition) is 6. The molecule has 27 heavy (non-hydrogen) atoms. The van der Waals surface area contributed by atoms with Crippen LogP contribution < -0.4 is 5.32 Å². The fourth-order valence-electron chi connectivity index (χ4n) is 3.19. The molecule has 2 N–H and O–H groups in total. The van der Waals surface area contributed by atoms with E-state index in [2.05, 4.69) is 36.3 Å². The third-order valence-electron chi connectivity index (χ3n) is 4.43. The van der Waals surface area contributed by atoms with Crippen molar-refractivity contribution >= 4 is 53.1 Å². The van der Waals surface area contributed by atoms with Crippen molar-refractivity contribution in [1.82, 2.24) is 15.3 Å². The van der Waals surface area contributed by atoms with Gasteiger partial charge in [0.25, 0.3) is 0 Å². The van der Waals surface area contributed by atoms with Gasteiger partial charge in [-0.3, -0.25) is 9.98 Å². The van der Waals surface area contributed by atoms with Gasteiger partial charge in [0.15, 0.2) is 0 Å². The summed E-state index contributed by atoms with van der Waals surface area (Å²) in [5, 5.41) is 4.25. The van der Waals surface area contributed by atoms with Crippen molar-refractivity contribution in [3.05, 3.63) is 51.6 Å².